The van der Waals surface area contributed by atoms with Crippen LogP contribution < -0.4 is 5.32 Å². The van der Waals surface area contributed by atoms with Crippen LogP contribution in [0.3, 0.4) is 0 Å². The van der Waals surface area contributed by atoms with E-state index >= 15 is 0 Å². The fourth-order valence-electron chi connectivity index (χ4n) is 3.99. The van der Waals surface area contributed by atoms with E-state index in [9.17, 15) is 19.5 Å². The molecule has 35 heavy (non-hydrogen) atoms. The molecule has 0 aromatic heterocycles. The van der Waals surface area contributed by atoms with Crippen molar-refractivity contribution in [3.8, 4) is 5.75 Å². The van der Waals surface area contributed by atoms with Gasteiger partial charge in [-0.2, -0.15) is 0 Å². The standard InChI is InChI=1S/C25H23Cl2N3O5/c1-14(31)20(11-15-4-7-17(32)8-5-15)28-23(33)22-3-2-10-30(22)13-21-25(34)35-24(29-21)18-9-6-16(26)12-19(18)27/h4-9,12-13,20,22,32H,2-3,10-11H2,1H3,(H,28,33)/t20-,22-/m1/s1. The summed E-state index contributed by atoms with van der Waals surface area (Å²) in [5, 5.41) is 13.0. The zero-order chi connectivity index (χ0) is 25.1. The van der Waals surface area contributed by atoms with Crippen molar-refractivity contribution >= 4 is 46.8 Å². The first kappa shape index (κ1) is 24.8. The van der Waals surface area contributed by atoms with Crippen molar-refractivity contribution in [1.29, 1.82) is 0 Å². The molecule has 4 rings (SSSR count). The molecular weight excluding hydrogens is 493 g/mol. The van der Waals surface area contributed by atoms with Crippen LogP contribution in [0.1, 0.15) is 30.9 Å². The summed E-state index contributed by atoms with van der Waals surface area (Å²) in [7, 11) is 0. The molecule has 2 N–H and O–H groups in total. The van der Waals surface area contributed by atoms with Gasteiger partial charge in [-0.3, -0.25) is 9.59 Å². The number of likely N-dealkylation sites (tertiary alicyclic amines) is 1. The van der Waals surface area contributed by atoms with Gasteiger partial charge in [-0.05, 0) is 62.1 Å². The minimum Gasteiger partial charge on any atom is -0.508 e. The molecule has 0 saturated carbocycles. The molecule has 10 heteroatoms. The molecule has 2 aromatic carbocycles. The number of ether oxygens (including phenoxy) is 1. The van der Waals surface area contributed by atoms with E-state index in [-0.39, 0.29) is 29.0 Å². The van der Waals surface area contributed by atoms with Crippen molar-refractivity contribution in [1.82, 2.24) is 10.2 Å². The van der Waals surface area contributed by atoms with Gasteiger partial charge in [0.25, 0.3) is 0 Å². The fraction of sp³-hybridized carbons (Fsp3) is 0.280. The van der Waals surface area contributed by atoms with Crippen molar-refractivity contribution < 1.29 is 24.2 Å². The maximum atomic E-state index is 13.1. The second-order valence-corrected chi connectivity index (χ2v) is 9.23. The van der Waals surface area contributed by atoms with Crippen LogP contribution in [0.2, 0.25) is 10.0 Å². The Hall–Kier alpha value is -3.36. The van der Waals surface area contributed by atoms with E-state index in [1.807, 2.05) is 0 Å². The van der Waals surface area contributed by atoms with Gasteiger partial charge in [0.2, 0.25) is 11.8 Å². The number of carbonyl (C=O) groups is 3. The minimum atomic E-state index is -0.713. The number of nitrogens with one attached hydrogen (secondary N) is 1. The third-order valence-corrected chi connectivity index (χ3v) is 6.40. The number of nitrogens with zero attached hydrogens (tertiary/aromatic N) is 2. The van der Waals surface area contributed by atoms with Crippen LogP contribution >= 0.6 is 23.2 Å². The number of cyclic esters (lactones) is 1. The van der Waals surface area contributed by atoms with Crippen LogP contribution in [0, 0.1) is 0 Å². The molecule has 2 aliphatic rings. The largest absolute Gasteiger partial charge is 0.508 e. The average Bonchev–Trinajstić information content (AvgIpc) is 3.41. The van der Waals surface area contributed by atoms with Crippen LogP contribution in [0.15, 0.2) is 59.4 Å². The highest BCUT2D eigenvalue weighted by Crippen LogP contribution is 2.27. The first-order valence-electron chi connectivity index (χ1n) is 11.0. The highest BCUT2D eigenvalue weighted by Gasteiger charge is 2.33. The first-order valence-corrected chi connectivity index (χ1v) is 11.8. The van der Waals surface area contributed by atoms with Crippen molar-refractivity contribution in [3.63, 3.8) is 0 Å². The van der Waals surface area contributed by atoms with E-state index in [2.05, 4.69) is 10.3 Å². The summed E-state index contributed by atoms with van der Waals surface area (Å²) in [4.78, 5) is 43.7. The van der Waals surface area contributed by atoms with E-state index in [1.54, 1.807) is 29.2 Å². The lowest BCUT2D eigenvalue weighted by molar-refractivity contribution is -0.130. The third-order valence-electron chi connectivity index (χ3n) is 5.85. The zero-order valence-electron chi connectivity index (χ0n) is 18.8. The lowest BCUT2D eigenvalue weighted by Gasteiger charge is -2.24. The van der Waals surface area contributed by atoms with Gasteiger partial charge in [-0.15, -0.1) is 0 Å². The Morgan fingerprint density at radius 1 is 1.26 bits per heavy atom. The summed E-state index contributed by atoms with van der Waals surface area (Å²) in [6, 6.07) is 9.97. The Bertz CT molecular complexity index is 1230. The maximum Gasteiger partial charge on any atom is 0.365 e. The number of hydrogen-bond acceptors (Lipinski definition) is 7. The Morgan fingerprint density at radius 3 is 2.69 bits per heavy atom. The smallest absolute Gasteiger partial charge is 0.365 e. The van der Waals surface area contributed by atoms with Gasteiger partial charge >= 0.3 is 5.97 Å². The fourth-order valence-corrected chi connectivity index (χ4v) is 4.48. The van der Waals surface area contributed by atoms with E-state index < -0.39 is 18.1 Å². The number of ketones is 1. The van der Waals surface area contributed by atoms with Gasteiger partial charge in [0, 0.05) is 17.8 Å². The second kappa shape index (κ2) is 10.5. The number of amides is 1. The predicted octanol–water partition coefficient (Wildman–Crippen LogP) is 3.62. The molecule has 2 aliphatic heterocycles. The number of aliphatic imine (C=N–C) groups is 1. The number of carbonyl (C=O) groups excluding carboxylic acids is 3. The number of halogens is 2. The Labute approximate surface area is 212 Å². The van der Waals surface area contributed by atoms with Gasteiger partial charge in [0.05, 0.1) is 16.6 Å². The quantitative estimate of drug-likeness (QED) is 0.430. The van der Waals surface area contributed by atoms with Crippen molar-refractivity contribution in [2.75, 3.05) is 6.54 Å². The number of hydrogen-bond donors (Lipinski definition) is 2. The molecule has 0 unspecified atom stereocenters. The van der Waals surface area contributed by atoms with E-state index in [4.69, 9.17) is 27.9 Å². The summed E-state index contributed by atoms with van der Waals surface area (Å²) < 4.78 is 5.28. The van der Waals surface area contributed by atoms with Crippen LogP contribution in [0.5, 0.6) is 5.75 Å². The maximum absolute atomic E-state index is 13.1. The molecular formula is C25H23Cl2N3O5. The number of aromatic hydroxyl groups is 1. The third kappa shape index (κ3) is 5.83. The summed E-state index contributed by atoms with van der Waals surface area (Å²) in [6.07, 6.45) is 3.11. The van der Waals surface area contributed by atoms with Gasteiger partial charge in [0.15, 0.2) is 11.5 Å². The number of rotatable bonds is 7. The van der Waals surface area contributed by atoms with E-state index in [1.165, 1.54) is 31.3 Å². The normalized spacial score (nSPS) is 19.5. The Kier molecular flexibility index (Phi) is 7.42. The van der Waals surface area contributed by atoms with E-state index in [0.717, 1.165) is 12.0 Å². The van der Waals surface area contributed by atoms with Gasteiger partial charge < -0.3 is 20.1 Å². The molecule has 1 fully saturated rings. The van der Waals surface area contributed by atoms with Gasteiger partial charge in [0.1, 0.15) is 11.8 Å². The molecule has 1 saturated heterocycles. The number of esters is 1. The summed E-state index contributed by atoms with van der Waals surface area (Å²) in [6.45, 7) is 1.97. The lowest BCUT2D eigenvalue weighted by Crippen LogP contribution is -2.48. The van der Waals surface area contributed by atoms with Crippen LogP contribution in [0.25, 0.3) is 0 Å². The second-order valence-electron chi connectivity index (χ2n) is 8.38. The molecule has 0 bridgehead atoms. The molecule has 1 amide bonds. The summed E-state index contributed by atoms with van der Waals surface area (Å²) in [5.74, 6) is -0.946. The van der Waals surface area contributed by atoms with Crippen molar-refractivity contribution in [2.24, 2.45) is 4.99 Å². The SMILES string of the molecule is CC(=O)[C@@H](Cc1ccc(O)cc1)NC(=O)[C@H]1CCCN1C=C1N=C(c2ccc(Cl)cc2Cl)OC1=O. The van der Waals surface area contributed by atoms with E-state index in [0.29, 0.717) is 35.0 Å². The highest BCUT2D eigenvalue weighted by atomic mass is 35.5. The van der Waals surface area contributed by atoms with Crippen LogP contribution in [0.4, 0.5) is 0 Å². The number of phenolic OH excluding ortho intramolecular Hbond substituents is 1. The lowest BCUT2D eigenvalue weighted by atomic mass is 10.0. The van der Waals surface area contributed by atoms with Crippen LogP contribution in [-0.2, 0) is 25.5 Å². The molecule has 8 nitrogen and oxygen atoms in total. The van der Waals surface area contributed by atoms with Crippen molar-refractivity contribution in [3.05, 3.63) is 75.5 Å². The van der Waals surface area contributed by atoms with Crippen molar-refractivity contribution in [2.45, 2.75) is 38.3 Å². The summed E-state index contributed by atoms with van der Waals surface area (Å²) >= 11 is 12.1. The summed E-state index contributed by atoms with van der Waals surface area (Å²) in [5.41, 5.74) is 1.30. The Balaban J connectivity index is 1.48. The number of Topliss-reactive ketones (excluding diaryl/α,β-unsaturated/α-hetero) is 1. The van der Waals surface area contributed by atoms with Gasteiger partial charge in [-0.1, -0.05) is 35.3 Å². The molecule has 182 valence electrons. The number of phenols is 1. The molecule has 0 spiro atoms. The monoisotopic (exact) mass is 515 g/mol. The first-order chi connectivity index (χ1) is 16.7. The molecule has 2 heterocycles. The predicted molar refractivity (Wildman–Crippen MR) is 131 cm³/mol. The minimum absolute atomic E-state index is 0.0536. The van der Waals surface area contributed by atoms with Gasteiger partial charge in [-0.25, -0.2) is 9.79 Å². The molecule has 2 aromatic rings. The topological polar surface area (TPSA) is 108 Å². The average molecular weight is 516 g/mol. The molecule has 2 atom stereocenters. The molecule has 0 radical (unpaired) electrons. The van der Waals surface area contributed by atoms with Crippen LogP contribution in [-0.4, -0.2) is 52.2 Å². The number of benzene rings is 2. The molecule has 0 aliphatic carbocycles. The zero-order valence-corrected chi connectivity index (χ0v) is 20.3. The highest BCUT2D eigenvalue weighted by molar-refractivity contribution is 6.37. The Morgan fingerprint density at radius 2 is 2.00 bits per heavy atom.